The molecule has 1 atom stereocenters. The minimum Gasteiger partial charge on any atom is -0.493 e. The number of hydrogen-bond donors (Lipinski definition) is 1. The molecular weight excluding hydrogens is 300 g/mol. The van der Waals surface area contributed by atoms with Crippen LogP contribution in [-0.4, -0.2) is 31.6 Å². The van der Waals surface area contributed by atoms with Crippen molar-refractivity contribution < 1.29 is 28.8 Å². The Labute approximate surface area is 133 Å². The number of hydrogen-bond acceptors (Lipinski definition) is 5. The van der Waals surface area contributed by atoms with Gasteiger partial charge >= 0.3 is 12.3 Å². The van der Waals surface area contributed by atoms with Gasteiger partial charge in [-0.15, -0.1) is 0 Å². The number of ether oxygens (including phenoxy) is 4. The predicted octanol–water partition coefficient (Wildman–Crippen LogP) is 2.48. The average Bonchev–Trinajstić information content (AvgIpc) is 2.54. The maximum atomic E-state index is 11.5. The highest BCUT2D eigenvalue weighted by Gasteiger charge is 2.29. The van der Waals surface area contributed by atoms with E-state index in [1.54, 1.807) is 18.2 Å². The van der Waals surface area contributed by atoms with Crippen LogP contribution in [0.15, 0.2) is 36.4 Å². The summed E-state index contributed by atoms with van der Waals surface area (Å²) in [5.41, 5.74) is 1.67. The van der Waals surface area contributed by atoms with Gasteiger partial charge in [0.2, 0.25) is 5.75 Å². The molecule has 0 spiro atoms. The van der Waals surface area contributed by atoms with Crippen molar-refractivity contribution in [2.75, 3.05) is 14.2 Å². The van der Waals surface area contributed by atoms with Crippen LogP contribution in [0.2, 0.25) is 0 Å². The van der Waals surface area contributed by atoms with Crippen molar-refractivity contribution in [3.63, 3.8) is 0 Å². The van der Waals surface area contributed by atoms with Crippen molar-refractivity contribution in [1.82, 2.24) is 0 Å². The maximum absolute atomic E-state index is 11.5. The van der Waals surface area contributed by atoms with Crippen LogP contribution in [0.25, 0.3) is 0 Å². The molecule has 6 heteroatoms. The van der Waals surface area contributed by atoms with Gasteiger partial charge < -0.3 is 24.1 Å². The van der Waals surface area contributed by atoms with E-state index in [0.29, 0.717) is 29.4 Å². The third-order valence-corrected chi connectivity index (χ3v) is 3.60. The summed E-state index contributed by atoms with van der Waals surface area (Å²) in [5.74, 6) is 0.384. The Bertz CT molecular complexity index is 740. The van der Waals surface area contributed by atoms with Gasteiger partial charge in [0.1, 0.15) is 5.75 Å². The van der Waals surface area contributed by atoms with Crippen LogP contribution in [0.3, 0.4) is 0 Å². The molecule has 0 aromatic heterocycles. The van der Waals surface area contributed by atoms with Crippen molar-refractivity contribution in [2.45, 2.75) is 12.7 Å². The van der Waals surface area contributed by atoms with Gasteiger partial charge in [-0.2, -0.15) is 0 Å². The van der Waals surface area contributed by atoms with E-state index in [-0.39, 0.29) is 0 Å². The van der Waals surface area contributed by atoms with Crippen LogP contribution in [0.4, 0.5) is 0 Å². The van der Waals surface area contributed by atoms with Crippen LogP contribution in [-0.2, 0) is 11.2 Å². The summed E-state index contributed by atoms with van der Waals surface area (Å²) in [6.07, 6.45) is -0.950. The van der Waals surface area contributed by atoms with Crippen molar-refractivity contribution in [3.05, 3.63) is 47.5 Å². The Morgan fingerprint density at radius 3 is 2.57 bits per heavy atom. The monoisotopic (exact) mass is 316 g/mol. The molecule has 0 fully saturated rings. The van der Waals surface area contributed by atoms with Crippen LogP contribution in [0.1, 0.15) is 11.1 Å². The lowest BCUT2D eigenvalue weighted by atomic mass is 10.0. The standard InChI is InChI=1S/C17H16O6/c1-20-13-8-7-11-9-10-5-3-4-6-12(10)22-17(16(18)19)23-14(11)15(13)21-2/h3-8,17H,9H2,1-2H3,(H,18,19). The van der Waals surface area contributed by atoms with E-state index in [1.165, 1.54) is 14.2 Å². The van der Waals surface area contributed by atoms with Crippen molar-refractivity contribution >= 4 is 5.97 Å². The summed E-state index contributed by atoms with van der Waals surface area (Å²) in [4.78, 5) is 11.5. The maximum Gasteiger partial charge on any atom is 0.387 e. The second-order valence-electron chi connectivity index (χ2n) is 4.98. The van der Waals surface area contributed by atoms with Gasteiger partial charge in [0, 0.05) is 12.0 Å². The number of carboxylic acids is 1. The number of benzene rings is 2. The van der Waals surface area contributed by atoms with Gasteiger partial charge in [0.05, 0.1) is 14.2 Å². The molecule has 0 radical (unpaired) electrons. The largest absolute Gasteiger partial charge is 0.493 e. The number of aliphatic carboxylic acids is 1. The third kappa shape index (κ3) is 2.75. The van der Waals surface area contributed by atoms with E-state index < -0.39 is 12.3 Å². The highest BCUT2D eigenvalue weighted by molar-refractivity contribution is 5.72. The Kier molecular flexibility index (Phi) is 3.97. The molecule has 0 saturated carbocycles. The first-order valence-electron chi connectivity index (χ1n) is 7.02. The molecule has 1 heterocycles. The highest BCUT2D eigenvalue weighted by atomic mass is 16.7. The Morgan fingerprint density at radius 2 is 1.87 bits per heavy atom. The molecule has 0 amide bonds. The van der Waals surface area contributed by atoms with E-state index in [4.69, 9.17) is 18.9 Å². The molecular formula is C17H16O6. The van der Waals surface area contributed by atoms with Crippen molar-refractivity contribution in [3.8, 4) is 23.0 Å². The summed E-state index contributed by atoms with van der Waals surface area (Å²) in [7, 11) is 2.98. The summed E-state index contributed by atoms with van der Waals surface area (Å²) in [5, 5.41) is 9.37. The van der Waals surface area contributed by atoms with Crippen LogP contribution in [0, 0.1) is 0 Å². The first-order chi connectivity index (χ1) is 11.1. The molecule has 23 heavy (non-hydrogen) atoms. The second kappa shape index (κ2) is 6.08. The molecule has 0 bridgehead atoms. The molecule has 1 aliphatic rings. The topological polar surface area (TPSA) is 74.2 Å². The molecule has 0 saturated heterocycles. The average molecular weight is 316 g/mol. The fourth-order valence-electron chi connectivity index (χ4n) is 2.53. The zero-order valence-electron chi connectivity index (χ0n) is 12.7. The van der Waals surface area contributed by atoms with Crippen LogP contribution >= 0.6 is 0 Å². The van der Waals surface area contributed by atoms with Crippen LogP contribution < -0.4 is 18.9 Å². The quantitative estimate of drug-likeness (QED) is 0.937. The molecule has 2 aromatic carbocycles. The van der Waals surface area contributed by atoms with Crippen LogP contribution in [0.5, 0.6) is 23.0 Å². The molecule has 0 aliphatic carbocycles. The second-order valence-corrected chi connectivity index (χ2v) is 4.98. The molecule has 1 unspecified atom stereocenters. The number of carboxylic acid groups (broad SMARTS) is 1. The number of para-hydroxylation sites is 1. The van der Waals surface area contributed by atoms with E-state index in [9.17, 15) is 9.90 Å². The van der Waals surface area contributed by atoms with E-state index >= 15 is 0 Å². The fraction of sp³-hybridized carbons (Fsp3) is 0.235. The normalized spacial score (nSPS) is 15.8. The number of fused-ring (bicyclic) bond motifs is 2. The smallest absolute Gasteiger partial charge is 0.387 e. The van der Waals surface area contributed by atoms with E-state index in [1.807, 2.05) is 18.2 Å². The number of rotatable bonds is 3. The highest BCUT2D eigenvalue weighted by Crippen LogP contribution is 2.43. The van der Waals surface area contributed by atoms with E-state index in [0.717, 1.165) is 11.1 Å². The zero-order chi connectivity index (χ0) is 16.4. The van der Waals surface area contributed by atoms with Gasteiger partial charge in [-0.1, -0.05) is 24.3 Å². The van der Waals surface area contributed by atoms with Gasteiger partial charge in [0.15, 0.2) is 11.5 Å². The minimum absolute atomic E-state index is 0.314. The SMILES string of the molecule is COc1ccc2c(c1OC)OC(C(=O)O)Oc1ccccc1C2. The molecule has 120 valence electrons. The Morgan fingerprint density at radius 1 is 1.09 bits per heavy atom. The van der Waals surface area contributed by atoms with Gasteiger partial charge in [0.25, 0.3) is 0 Å². The lowest BCUT2D eigenvalue weighted by Gasteiger charge is -2.25. The summed E-state index contributed by atoms with van der Waals surface area (Å²) in [6.45, 7) is 0. The van der Waals surface area contributed by atoms with Gasteiger partial charge in [-0.05, 0) is 17.7 Å². The predicted molar refractivity (Wildman–Crippen MR) is 81.5 cm³/mol. The van der Waals surface area contributed by atoms with Crippen molar-refractivity contribution in [1.29, 1.82) is 0 Å². The molecule has 1 N–H and O–H groups in total. The number of methoxy groups -OCH3 is 2. The first-order valence-corrected chi connectivity index (χ1v) is 7.02. The van der Waals surface area contributed by atoms with Gasteiger partial charge in [-0.3, -0.25) is 0 Å². The fourth-order valence-corrected chi connectivity index (χ4v) is 2.53. The summed E-state index contributed by atoms with van der Waals surface area (Å²) >= 11 is 0. The van der Waals surface area contributed by atoms with Gasteiger partial charge in [-0.25, -0.2) is 4.79 Å². The minimum atomic E-state index is -1.48. The summed E-state index contributed by atoms with van der Waals surface area (Å²) < 4.78 is 21.7. The zero-order valence-corrected chi connectivity index (χ0v) is 12.7. The first kappa shape index (κ1) is 15.0. The number of carbonyl (C=O) groups is 1. The Hall–Kier alpha value is -2.89. The third-order valence-electron chi connectivity index (χ3n) is 3.60. The lowest BCUT2D eigenvalue weighted by molar-refractivity contribution is -0.158. The van der Waals surface area contributed by atoms with E-state index in [2.05, 4.69) is 0 Å². The molecule has 3 rings (SSSR count). The molecule has 2 aromatic rings. The Balaban J connectivity index is 2.17. The lowest BCUT2D eigenvalue weighted by Crippen LogP contribution is -2.34. The molecule has 1 aliphatic heterocycles. The molecule has 6 nitrogen and oxygen atoms in total. The summed E-state index contributed by atoms with van der Waals surface area (Å²) in [6, 6.07) is 10.9. The van der Waals surface area contributed by atoms with Crippen molar-refractivity contribution in [2.24, 2.45) is 0 Å².